The minimum Gasteiger partial charge on any atom is -0.318 e. The standard InChI is InChI=1S/C16H20INO3S/c1-12-4-6-14(7-5-12)22(20,21)15-11-18(9-3-8-17)16(19)10-13(15)2/h4-7,11,13H,3,8-10H2,1-2H3/t13-/m0/s1. The Morgan fingerprint density at radius 2 is 1.91 bits per heavy atom. The Morgan fingerprint density at radius 1 is 1.27 bits per heavy atom. The molecule has 1 atom stereocenters. The summed E-state index contributed by atoms with van der Waals surface area (Å²) in [5, 5.41) is 0. The summed E-state index contributed by atoms with van der Waals surface area (Å²) in [5.41, 5.74) is 1.02. The van der Waals surface area contributed by atoms with E-state index in [-0.39, 0.29) is 18.2 Å². The molecule has 0 bridgehead atoms. The number of rotatable bonds is 5. The zero-order chi connectivity index (χ0) is 16.3. The van der Waals surface area contributed by atoms with E-state index in [9.17, 15) is 13.2 Å². The van der Waals surface area contributed by atoms with Crippen LogP contribution >= 0.6 is 22.6 Å². The largest absolute Gasteiger partial charge is 0.318 e. The van der Waals surface area contributed by atoms with Crippen LogP contribution in [0.1, 0.15) is 25.3 Å². The van der Waals surface area contributed by atoms with E-state index >= 15 is 0 Å². The molecule has 0 unspecified atom stereocenters. The number of allylic oxidation sites excluding steroid dienone is 1. The zero-order valence-electron chi connectivity index (χ0n) is 12.8. The van der Waals surface area contributed by atoms with Crippen molar-refractivity contribution in [3.63, 3.8) is 0 Å². The van der Waals surface area contributed by atoms with Gasteiger partial charge in [-0.3, -0.25) is 4.79 Å². The predicted molar refractivity (Wildman–Crippen MR) is 95.4 cm³/mol. The number of carbonyl (C=O) groups is 1. The highest BCUT2D eigenvalue weighted by molar-refractivity contribution is 14.1. The van der Waals surface area contributed by atoms with E-state index in [1.54, 1.807) is 36.1 Å². The molecule has 1 aliphatic heterocycles. The molecule has 1 aromatic carbocycles. The van der Waals surface area contributed by atoms with Crippen LogP contribution in [0.15, 0.2) is 40.3 Å². The molecule has 0 aliphatic carbocycles. The molecular weight excluding hydrogens is 413 g/mol. The van der Waals surface area contributed by atoms with Gasteiger partial charge in [-0.05, 0) is 25.5 Å². The third-order valence-corrected chi connectivity index (χ3v) is 6.53. The van der Waals surface area contributed by atoms with E-state index in [1.807, 2.05) is 6.92 Å². The van der Waals surface area contributed by atoms with E-state index in [2.05, 4.69) is 22.6 Å². The summed E-state index contributed by atoms with van der Waals surface area (Å²) in [7, 11) is -3.54. The molecule has 0 fully saturated rings. The van der Waals surface area contributed by atoms with Crippen LogP contribution in [0.5, 0.6) is 0 Å². The molecule has 2 rings (SSSR count). The van der Waals surface area contributed by atoms with Crippen LogP contribution in [0, 0.1) is 12.8 Å². The first-order valence-electron chi connectivity index (χ1n) is 7.25. The number of alkyl halides is 1. The summed E-state index contributed by atoms with van der Waals surface area (Å²) in [5.74, 6) is -0.283. The SMILES string of the molecule is Cc1ccc(S(=O)(=O)C2=CN(CCCI)C(=O)C[C@@H]2C)cc1. The Hall–Kier alpha value is -0.890. The Kier molecular flexibility index (Phi) is 5.65. The smallest absolute Gasteiger partial charge is 0.227 e. The molecular formula is C16H20INO3S. The van der Waals surface area contributed by atoms with E-state index in [1.165, 1.54) is 6.20 Å². The van der Waals surface area contributed by atoms with Crippen molar-refractivity contribution >= 4 is 38.3 Å². The number of carbonyl (C=O) groups excluding carboxylic acids is 1. The highest BCUT2D eigenvalue weighted by atomic mass is 127. The number of benzene rings is 1. The molecule has 4 nitrogen and oxygen atoms in total. The van der Waals surface area contributed by atoms with Crippen LogP contribution < -0.4 is 0 Å². The lowest BCUT2D eigenvalue weighted by atomic mass is 10.0. The Balaban J connectivity index is 2.38. The second-order valence-corrected chi connectivity index (χ2v) is 8.61. The van der Waals surface area contributed by atoms with Crippen molar-refractivity contribution < 1.29 is 13.2 Å². The molecule has 6 heteroatoms. The van der Waals surface area contributed by atoms with Crippen molar-refractivity contribution in [1.82, 2.24) is 4.90 Å². The first-order valence-corrected chi connectivity index (χ1v) is 10.3. The van der Waals surface area contributed by atoms with Gasteiger partial charge in [0.25, 0.3) is 0 Å². The summed E-state index contributed by atoms with van der Waals surface area (Å²) in [6.45, 7) is 4.29. The van der Waals surface area contributed by atoms with Gasteiger partial charge < -0.3 is 4.90 Å². The van der Waals surface area contributed by atoms with E-state index < -0.39 is 9.84 Å². The van der Waals surface area contributed by atoms with Gasteiger partial charge in [0.15, 0.2) is 0 Å². The third-order valence-electron chi connectivity index (χ3n) is 3.74. The topological polar surface area (TPSA) is 54.5 Å². The van der Waals surface area contributed by atoms with Crippen LogP contribution in [0.4, 0.5) is 0 Å². The summed E-state index contributed by atoms with van der Waals surface area (Å²) in [6, 6.07) is 6.84. The molecule has 0 saturated heterocycles. The minimum atomic E-state index is -3.54. The van der Waals surface area contributed by atoms with Crippen LogP contribution in [-0.2, 0) is 14.6 Å². The van der Waals surface area contributed by atoms with Gasteiger partial charge in [-0.1, -0.05) is 47.2 Å². The fraction of sp³-hybridized carbons (Fsp3) is 0.438. The van der Waals surface area contributed by atoms with Crippen molar-refractivity contribution in [3.8, 4) is 0 Å². The molecule has 1 amide bonds. The van der Waals surface area contributed by atoms with Gasteiger partial charge in [0.05, 0.1) is 9.80 Å². The Labute approximate surface area is 145 Å². The third kappa shape index (κ3) is 3.71. The van der Waals surface area contributed by atoms with Crippen LogP contribution in [0.2, 0.25) is 0 Å². The second-order valence-electron chi connectivity index (χ2n) is 5.58. The van der Waals surface area contributed by atoms with Gasteiger partial charge in [-0.15, -0.1) is 0 Å². The molecule has 1 aliphatic rings. The fourth-order valence-corrected chi connectivity index (χ4v) is 4.43. The second kappa shape index (κ2) is 7.12. The lowest BCUT2D eigenvalue weighted by Crippen LogP contribution is -2.35. The summed E-state index contributed by atoms with van der Waals surface area (Å²) in [6.07, 6.45) is 2.64. The summed E-state index contributed by atoms with van der Waals surface area (Å²) in [4.78, 5) is 14.2. The van der Waals surface area contributed by atoms with Gasteiger partial charge in [0.1, 0.15) is 0 Å². The van der Waals surface area contributed by atoms with E-state index in [0.29, 0.717) is 16.3 Å². The Morgan fingerprint density at radius 3 is 2.50 bits per heavy atom. The maximum Gasteiger partial charge on any atom is 0.227 e. The first kappa shape index (κ1) is 17.5. The molecule has 22 heavy (non-hydrogen) atoms. The number of hydrogen-bond donors (Lipinski definition) is 0. The van der Waals surface area contributed by atoms with Gasteiger partial charge in [-0.2, -0.15) is 0 Å². The lowest BCUT2D eigenvalue weighted by molar-refractivity contribution is -0.130. The van der Waals surface area contributed by atoms with Gasteiger partial charge in [0.2, 0.25) is 15.7 Å². The minimum absolute atomic E-state index is 0.000191. The van der Waals surface area contributed by atoms with Crippen molar-refractivity contribution in [3.05, 3.63) is 40.9 Å². The average Bonchev–Trinajstić information content (AvgIpc) is 2.46. The van der Waals surface area contributed by atoms with Gasteiger partial charge in [0, 0.05) is 29.5 Å². The molecule has 1 heterocycles. The maximum atomic E-state index is 12.8. The molecule has 0 radical (unpaired) electrons. The maximum absolute atomic E-state index is 12.8. The molecule has 0 aromatic heterocycles. The monoisotopic (exact) mass is 433 g/mol. The molecule has 0 saturated carbocycles. The van der Waals surface area contributed by atoms with E-state index in [0.717, 1.165) is 16.4 Å². The number of nitrogens with zero attached hydrogens (tertiary/aromatic N) is 1. The number of aryl methyl sites for hydroxylation is 1. The van der Waals surface area contributed by atoms with Crippen LogP contribution in [0.25, 0.3) is 0 Å². The lowest BCUT2D eigenvalue weighted by Gasteiger charge is -2.28. The van der Waals surface area contributed by atoms with Gasteiger partial charge in [-0.25, -0.2) is 8.42 Å². The number of sulfone groups is 1. The molecule has 1 aromatic rings. The summed E-state index contributed by atoms with van der Waals surface area (Å²) >= 11 is 2.25. The van der Waals surface area contributed by atoms with Crippen LogP contribution in [-0.4, -0.2) is 30.2 Å². The normalized spacial score (nSPS) is 19.2. The van der Waals surface area contributed by atoms with Crippen molar-refractivity contribution in [2.75, 3.05) is 11.0 Å². The fourth-order valence-electron chi connectivity index (χ4n) is 2.44. The molecule has 0 N–H and O–H groups in total. The van der Waals surface area contributed by atoms with Crippen LogP contribution in [0.3, 0.4) is 0 Å². The average molecular weight is 433 g/mol. The predicted octanol–water partition coefficient (Wildman–Crippen LogP) is 3.30. The molecule has 120 valence electrons. The highest BCUT2D eigenvalue weighted by Gasteiger charge is 2.32. The first-order chi connectivity index (χ1) is 10.4. The Bertz CT molecular complexity index is 680. The van der Waals surface area contributed by atoms with Gasteiger partial charge >= 0.3 is 0 Å². The zero-order valence-corrected chi connectivity index (χ0v) is 15.7. The summed E-state index contributed by atoms with van der Waals surface area (Å²) < 4.78 is 26.6. The van der Waals surface area contributed by atoms with E-state index in [4.69, 9.17) is 0 Å². The van der Waals surface area contributed by atoms with Crippen molar-refractivity contribution in [2.24, 2.45) is 5.92 Å². The van der Waals surface area contributed by atoms with Crippen molar-refractivity contribution in [2.45, 2.75) is 31.6 Å². The quantitative estimate of drug-likeness (QED) is 0.529. The highest BCUT2D eigenvalue weighted by Crippen LogP contribution is 2.31. The molecule has 0 spiro atoms. The van der Waals surface area contributed by atoms with Crippen molar-refractivity contribution in [1.29, 1.82) is 0 Å². The number of hydrogen-bond acceptors (Lipinski definition) is 3. The number of halogens is 1. The number of amides is 1.